The van der Waals surface area contributed by atoms with Gasteiger partial charge in [-0.15, -0.1) is 0 Å². The van der Waals surface area contributed by atoms with Crippen LogP contribution in [0.1, 0.15) is 25.0 Å². The van der Waals surface area contributed by atoms with Gasteiger partial charge in [-0.1, -0.05) is 30.3 Å². The van der Waals surface area contributed by atoms with Crippen molar-refractivity contribution in [3.05, 3.63) is 71.4 Å². The van der Waals surface area contributed by atoms with E-state index in [1.807, 2.05) is 48.5 Å². The molecular formula is C25H25N3O4. The van der Waals surface area contributed by atoms with E-state index in [0.717, 1.165) is 11.1 Å². The van der Waals surface area contributed by atoms with Gasteiger partial charge in [-0.3, -0.25) is 4.68 Å². The summed E-state index contributed by atoms with van der Waals surface area (Å²) in [6, 6.07) is 17.3. The number of methoxy groups -OCH3 is 2. The molecule has 0 aliphatic carbocycles. The van der Waals surface area contributed by atoms with Crippen molar-refractivity contribution >= 4 is 12.0 Å². The number of aromatic nitrogens is 2. The zero-order valence-corrected chi connectivity index (χ0v) is 18.5. The lowest BCUT2D eigenvalue weighted by atomic mass is 10.1. The van der Waals surface area contributed by atoms with E-state index < -0.39 is 5.97 Å². The number of hydrogen-bond donors (Lipinski definition) is 0. The van der Waals surface area contributed by atoms with Crippen molar-refractivity contribution in [2.75, 3.05) is 14.2 Å². The number of ether oxygens (including phenoxy) is 3. The standard InChI is InChI=1S/C25H25N3O4/c1-17(2)32-25(29)20(14-26)12-21-16-28(15-18-8-6-5-7-9-18)27-24(21)19-10-11-22(30-3)23(13-19)31-4/h5-13,16-17H,15H2,1-4H3/b20-12+. The van der Waals surface area contributed by atoms with Crippen molar-refractivity contribution in [3.63, 3.8) is 0 Å². The molecular weight excluding hydrogens is 406 g/mol. The van der Waals surface area contributed by atoms with Crippen LogP contribution < -0.4 is 9.47 Å². The molecule has 0 unspecified atom stereocenters. The van der Waals surface area contributed by atoms with Crippen LogP contribution in [0.25, 0.3) is 17.3 Å². The Morgan fingerprint density at radius 3 is 2.47 bits per heavy atom. The Morgan fingerprint density at radius 2 is 1.84 bits per heavy atom. The van der Waals surface area contributed by atoms with Crippen LogP contribution in [0.4, 0.5) is 0 Å². The first-order chi connectivity index (χ1) is 15.4. The Morgan fingerprint density at radius 1 is 1.12 bits per heavy atom. The summed E-state index contributed by atoms with van der Waals surface area (Å²) in [6.45, 7) is 4.01. The summed E-state index contributed by atoms with van der Waals surface area (Å²) in [6.07, 6.45) is 2.98. The van der Waals surface area contributed by atoms with E-state index in [1.54, 1.807) is 45.0 Å². The van der Waals surface area contributed by atoms with Crippen molar-refractivity contribution in [1.29, 1.82) is 5.26 Å². The number of hydrogen-bond acceptors (Lipinski definition) is 6. The van der Waals surface area contributed by atoms with Crippen LogP contribution in [0.3, 0.4) is 0 Å². The fourth-order valence-corrected chi connectivity index (χ4v) is 3.17. The van der Waals surface area contributed by atoms with Crippen molar-refractivity contribution in [1.82, 2.24) is 9.78 Å². The summed E-state index contributed by atoms with van der Waals surface area (Å²) in [4.78, 5) is 12.3. The minimum Gasteiger partial charge on any atom is -0.493 e. The lowest BCUT2D eigenvalue weighted by molar-refractivity contribution is -0.142. The Labute approximate surface area is 187 Å². The van der Waals surface area contributed by atoms with Crippen LogP contribution in [0.5, 0.6) is 11.5 Å². The van der Waals surface area contributed by atoms with Gasteiger partial charge in [0, 0.05) is 17.3 Å². The molecule has 0 atom stereocenters. The fraction of sp³-hybridized carbons (Fsp3) is 0.240. The van der Waals surface area contributed by atoms with Gasteiger partial charge in [0.1, 0.15) is 11.6 Å². The van der Waals surface area contributed by atoms with Crippen LogP contribution >= 0.6 is 0 Å². The van der Waals surface area contributed by atoms with Gasteiger partial charge >= 0.3 is 5.97 Å². The van der Waals surface area contributed by atoms with Crippen LogP contribution in [0.15, 0.2) is 60.3 Å². The van der Waals surface area contributed by atoms with Crippen LogP contribution in [-0.2, 0) is 16.1 Å². The molecule has 3 rings (SSSR count). The Hall–Kier alpha value is -4.05. The molecule has 7 nitrogen and oxygen atoms in total. The Balaban J connectivity index is 2.09. The van der Waals surface area contributed by atoms with Crippen LogP contribution in [0.2, 0.25) is 0 Å². The topological polar surface area (TPSA) is 86.4 Å². The maximum absolute atomic E-state index is 12.3. The number of carbonyl (C=O) groups is 1. The SMILES string of the molecule is COc1ccc(-c2nn(Cc3ccccc3)cc2/C=C(\C#N)C(=O)OC(C)C)cc1OC. The predicted octanol–water partition coefficient (Wildman–Crippen LogP) is 4.47. The van der Waals surface area contributed by atoms with Gasteiger partial charge in [0.05, 0.1) is 32.6 Å². The quantitative estimate of drug-likeness (QED) is 0.297. The molecule has 0 saturated carbocycles. The molecule has 1 heterocycles. The first-order valence-electron chi connectivity index (χ1n) is 10.1. The van der Waals surface area contributed by atoms with Crippen LogP contribution in [-0.4, -0.2) is 36.1 Å². The number of nitriles is 1. The molecule has 0 bridgehead atoms. The first-order valence-corrected chi connectivity index (χ1v) is 10.1. The summed E-state index contributed by atoms with van der Waals surface area (Å²) >= 11 is 0. The summed E-state index contributed by atoms with van der Waals surface area (Å²) in [5.74, 6) is 0.476. The largest absolute Gasteiger partial charge is 0.493 e. The molecule has 0 radical (unpaired) electrons. The molecule has 2 aromatic carbocycles. The van der Waals surface area contributed by atoms with E-state index in [0.29, 0.717) is 29.3 Å². The molecule has 0 aliphatic heterocycles. The normalized spacial score (nSPS) is 11.2. The third kappa shape index (κ3) is 5.35. The van der Waals surface area contributed by atoms with Crippen LogP contribution in [0, 0.1) is 11.3 Å². The third-order valence-corrected chi connectivity index (χ3v) is 4.62. The minimum atomic E-state index is -0.670. The molecule has 0 spiro atoms. The van der Waals surface area contributed by atoms with Crippen molar-refractivity contribution in [2.24, 2.45) is 0 Å². The molecule has 0 N–H and O–H groups in total. The first kappa shape index (κ1) is 22.6. The minimum absolute atomic E-state index is 0.0975. The molecule has 0 aliphatic rings. The fourth-order valence-electron chi connectivity index (χ4n) is 3.17. The number of esters is 1. The number of nitrogens with zero attached hydrogens (tertiary/aromatic N) is 3. The molecule has 1 aromatic heterocycles. The molecule has 3 aromatic rings. The second-order valence-corrected chi connectivity index (χ2v) is 7.31. The number of benzene rings is 2. The van der Waals surface area contributed by atoms with Crippen molar-refractivity contribution in [3.8, 4) is 28.8 Å². The van der Waals surface area contributed by atoms with E-state index in [2.05, 4.69) is 0 Å². The molecule has 7 heteroatoms. The lowest BCUT2D eigenvalue weighted by Gasteiger charge is -2.09. The van der Waals surface area contributed by atoms with E-state index in [4.69, 9.17) is 19.3 Å². The second-order valence-electron chi connectivity index (χ2n) is 7.31. The van der Waals surface area contributed by atoms with Crippen molar-refractivity contribution < 1.29 is 19.0 Å². The third-order valence-electron chi connectivity index (χ3n) is 4.62. The average molecular weight is 431 g/mol. The molecule has 164 valence electrons. The summed E-state index contributed by atoms with van der Waals surface area (Å²) in [5, 5.41) is 14.3. The zero-order chi connectivity index (χ0) is 23.1. The predicted molar refractivity (Wildman–Crippen MR) is 121 cm³/mol. The second kappa shape index (κ2) is 10.3. The Kier molecular flexibility index (Phi) is 7.29. The zero-order valence-electron chi connectivity index (χ0n) is 18.5. The van der Waals surface area contributed by atoms with Gasteiger partial charge in [-0.05, 0) is 43.7 Å². The molecule has 32 heavy (non-hydrogen) atoms. The van der Waals surface area contributed by atoms with E-state index in [1.165, 1.54) is 6.08 Å². The van der Waals surface area contributed by atoms with Gasteiger partial charge in [-0.25, -0.2) is 4.79 Å². The van der Waals surface area contributed by atoms with E-state index >= 15 is 0 Å². The summed E-state index contributed by atoms with van der Waals surface area (Å²) < 4.78 is 17.7. The Bertz CT molecular complexity index is 1160. The van der Waals surface area contributed by atoms with Gasteiger partial charge in [0.15, 0.2) is 11.5 Å². The highest BCUT2D eigenvalue weighted by Gasteiger charge is 2.17. The maximum Gasteiger partial charge on any atom is 0.349 e. The summed E-state index contributed by atoms with van der Waals surface area (Å²) in [5.41, 5.74) is 2.96. The van der Waals surface area contributed by atoms with Gasteiger partial charge in [0.25, 0.3) is 0 Å². The van der Waals surface area contributed by atoms with E-state index in [9.17, 15) is 10.1 Å². The van der Waals surface area contributed by atoms with E-state index in [-0.39, 0.29) is 11.7 Å². The van der Waals surface area contributed by atoms with Gasteiger partial charge in [0.2, 0.25) is 0 Å². The molecule has 0 amide bonds. The van der Waals surface area contributed by atoms with Crippen molar-refractivity contribution in [2.45, 2.75) is 26.5 Å². The van der Waals surface area contributed by atoms with Gasteiger partial charge in [-0.2, -0.15) is 10.4 Å². The highest BCUT2D eigenvalue weighted by atomic mass is 16.5. The average Bonchev–Trinajstić information content (AvgIpc) is 3.19. The monoisotopic (exact) mass is 431 g/mol. The highest BCUT2D eigenvalue weighted by molar-refractivity contribution is 5.98. The lowest BCUT2D eigenvalue weighted by Crippen LogP contribution is -2.12. The number of carbonyl (C=O) groups excluding carboxylic acids is 1. The number of rotatable bonds is 8. The summed E-state index contributed by atoms with van der Waals surface area (Å²) in [7, 11) is 3.13. The molecule has 0 fully saturated rings. The van der Waals surface area contributed by atoms with Gasteiger partial charge < -0.3 is 14.2 Å². The smallest absolute Gasteiger partial charge is 0.349 e. The highest BCUT2D eigenvalue weighted by Crippen LogP contribution is 2.33. The maximum atomic E-state index is 12.3. The molecule has 0 saturated heterocycles.